The van der Waals surface area contributed by atoms with E-state index in [1.54, 1.807) is 18.2 Å². The molecule has 2 aromatic rings. The van der Waals surface area contributed by atoms with Crippen LogP contribution in [0.25, 0.3) is 11.4 Å². The van der Waals surface area contributed by atoms with Crippen LogP contribution in [-0.2, 0) is 24.9 Å². The topological polar surface area (TPSA) is 56.6 Å². The largest absolute Gasteiger partial charge is 0.496 e. The monoisotopic (exact) mass is 407 g/mol. The van der Waals surface area contributed by atoms with E-state index in [-0.39, 0.29) is 6.09 Å². The summed E-state index contributed by atoms with van der Waals surface area (Å²) in [6.45, 7) is 6.65. The fraction of sp³-hybridized carbons (Fsp3) is 0.444. The molecule has 6 nitrogen and oxygen atoms in total. The van der Waals surface area contributed by atoms with Gasteiger partial charge in [-0.1, -0.05) is 0 Å². The van der Waals surface area contributed by atoms with Gasteiger partial charge in [-0.3, -0.25) is 4.90 Å². The molecule has 0 aliphatic carbocycles. The van der Waals surface area contributed by atoms with Crippen molar-refractivity contribution in [2.75, 3.05) is 7.11 Å². The summed E-state index contributed by atoms with van der Waals surface area (Å²) in [5, 5.41) is 0. The number of hydrogen-bond donors (Lipinski definition) is 0. The van der Waals surface area contributed by atoms with Crippen LogP contribution in [0, 0.1) is 0 Å². The summed E-state index contributed by atoms with van der Waals surface area (Å²) in [7, 11) is 3.58. The molecule has 1 aromatic heterocycles. The van der Waals surface area contributed by atoms with Crippen LogP contribution in [0.4, 0.5) is 4.79 Å². The van der Waals surface area contributed by atoms with Gasteiger partial charge in [0.2, 0.25) is 0 Å². The van der Waals surface area contributed by atoms with Gasteiger partial charge in [0.25, 0.3) is 0 Å². The van der Waals surface area contributed by atoms with Crippen LogP contribution in [0.1, 0.15) is 31.9 Å². The van der Waals surface area contributed by atoms with E-state index in [4.69, 9.17) is 9.47 Å². The molecule has 2 heterocycles. The van der Waals surface area contributed by atoms with Crippen LogP contribution in [0.15, 0.2) is 22.9 Å². The molecular weight excluding hydrogens is 386 g/mol. The normalized spacial score (nSPS) is 13.8. The standard InChI is InChI=1S/C18H22BrN3O3/c1-18(2,3)25-17(23)22-9-11-6-13(14(24-5)7-12(11)10-22)16-20-8-15(19)21(16)4/h6-8H,9-10H2,1-5H3. The van der Waals surface area contributed by atoms with E-state index in [1.807, 2.05) is 44.5 Å². The molecule has 7 heteroatoms. The predicted molar refractivity (Wildman–Crippen MR) is 98.4 cm³/mol. The molecule has 0 unspecified atom stereocenters. The van der Waals surface area contributed by atoms with Crippen molar-refractivity contribution in [2.24, 2.45) is 7.05 Å². The summed E-state index contributed by atoms with van der Waals surface area (Å²) < 4.78 is 13.9. The summed E-state index contributed by atoms with van der Waals surface area (Å²) >= 11 is 3.47. The lowest BCUT2D eigenvalue weighted by Gasteiger charge is -2.24. The summed E-state index contributed by atoms with van der Waals surface area (Å²) in [6, 6.07) is 4.03. The molecule has 0 N–H and O–H groups in total. The summed E-state index contributed by atoms with van der Waals surface area (Å²) in [5.41, 5.74) is 2.55. The highest BCUT2D eigenvalue weighted by atomic mass is 79.9. The molecule has 1 aromatic carbocycles. The first-order valence-electron chi connectivity index (χ1n) is 8.05. The van der Waals surface area contributed by atoms with Crippen LogP contribution in [0.2, 0.25) is 0 Å². The van der Waals surface area contributed by atoms with Crippen LogP contribution in [-0.4, -0.2) is 33.3 Å². The van der Waals surface area contributed by atoms with Gasteiger partial charge in [0.1, 0.15) is 21.8 Å². The third-order valence-corrected chi connectivity index (χ3v) is 4.80. The van der Waals surface area contributed by atoms with Crippen LogP contribution >= 0.6 is 15.9 Å². The van der Waals surface area contributed by atoms with Gasteiger partial charge in [-0.2, -0.15) is 0 Å². The zero-order valence-corrected chi connectivity index (χ0v) is 16.7. The maximum absolute atomic E-state index is 12.3. The minimum Gasteiger partial charge on any atom is -0.496 e. The van der Waals surface area contributed by atoms with Crippen molar-refractivity contribution in [2.45, 2.75) is 39.5 Å². The Morgan fingerprint density at radius 3 is 2.40 bits per heavy atom. The lowest BCUT2D eigenvalue weighted by molar-refractivity contribution is 0.0242. The lowest BCUT2D eigenvalue weighted by Crippen LogP contribution is -2.33. The van der Waals surface area contributed by atoms with Crippen LogP contribution in [0.3, 0.4) is 0 Å². The molecule has 0 fully saturated rings. The molecule has 0 spiro atoms. The minimum atomic E-state index is -0.506. The molecule has 0 saturated carbocycles. The average Bonchev–Trinajstić information content (AvgIpc) is 3.08. The Kier molecular flexibility index (Phi) is 4.53. The van der Waals surface area contributed by atoms with Crippen molar-refractivity contribution in [3.8, 4) is 17.1 Å². The highest BCUT2D eigenvalue weighted by Gasteiger charge is 2.29. The number of rotatable bonds is 2. The van der Waals surface area contributed by atoms with Gasteiger partial charge >= 0.3 is 6.09 Å². The number of hydrogen-bond acceptors (Lipinski definition) is 4. The highest BCUT2D eigenvalue weighted by Crippen LogP contribution is 2.36. The maximum atomic E-state index is 12.3. The third kappa shape index (κ3) is 3.51. The Balaban J connectivity index is 1.92. The van der Waals surface area contributed by atoms with Gasteiger partial charge in [-0.15, -0.1) is 0 Å². The predicted octanol–water partition coefficient (Wildman–Crippen LogP) is 4.11. The molecule has 25 heavy (non-hydrogen) atoms. The summed E-state index contributed by atoms with van der Waals surface area (Å²) in [4.78, 5) is 18.5. The average molecular weight is 408 g/mol. The number of halogens is 1. The number of benzene rings is 1. The number of amides is 1. The number of aromatic nitrogens is 2. The summed E-state index contributed by atoms with van der Waals surface area (Å²) in [5.74, 6) is 1.55. The first-order valence-corrected chi connectivity index (χ1v) is 8.84. The first kappa shape index (κ1) is 17.8. The molecule has 0 saturated heterocycles. The van der Waals surface area contributed by atoms with Crippen molar-refractivity contribution in [1.82, 2.24) is 14.5 Å². The van der Waals surface area contributed by atoms with Gasteiger partial charge in [0.15, 0.2) is 0 Å². The molecule has 1 aliphatic heterocycles. The number of nitrogens with zero attached hydrogens (tertiary/aromatic N) is 3. The Morgan fingerprint density at radius 1 is 1.24 bits per heavy atom. The number of ether oxygens (including phenoxy) is 2. The second kappa shape index (κ2) is 6.37. The van der Waals surface area contributed by atoms with E-state index in [0.29, 0.717) is 13.1 Å². The molecule has 3 rings (SSSR count). The number of methoxy groups -OCH3 is 1. The van der Waals surface area contributed by atoms with Gasteiger partial charge < -0.3 is 14.0 Å². The van der Waals surface area contributed by atoms with Crippen molar-refractivity contribution in [3.05, 3.63) is 34.1 Å². The van der Waals surface area contributed by atoms with E-state index in [0.717, 1.165) is 32.9 Å². The van der Waals surface area contributed by atoms with Crippen molar-refractivity contribution < 1.29 is 14.3 Å². The van der Waals surface area contributed by atoms with Crippen LogP contribution in [0.5, 0.6) is 5.75 Å². The van der Waals surface area contributed by atoms with Crippen LogP contribution < -0.4 is 4.74 Å². The Morgan fingerprint density at radius 2 is 1.88 bits per heavy atom. The SMILES string of the molecule is COc1cc2c(cc1-c1ncc(Br)n1C)CN(C(=O)OC(C)(C)C)C2. The number of carbonyl (C=O) groups is 1. The Labute approximate surface area is 155 Å². The van der Waals surface area contributed by atoms with E-state index < -0.39 is 5.60 Å². The zero-order valence-electron chi connectivity index (χ0n) is 15.1. The van der Waals surface area contributed by atoms with E-state index >= 15 is 0 Å². The fourth-order valence-corrected chi connectivity index (χ4v) is 3.14. The molecule has 0 atom stereocenters. The minimum absolute atomic E-state index is 0.302. The lowest BCUT2D eigenvalue weighted by atomic mass is 10.0. The molecule has 134 valence electrons. The second-order valence-electron chi connectivity index (χ2n) is 7.12. The van der Waals surface area contributed by atoms with Crippen molar-refractivity contribution >= 4 is 22.0 Å². The number of fused-ring (bicyclic) bond motifs is 1. The van der Waals surface area contributed by atoms with Gasteiger partial charge in [0.05, 0.1) is 18.9 Å². The molecule has 1 aliphatic rings. The number of carbonyl (C=O) groups excluding carboxylic acids is 1. The smallest absolute Gasteiger partial charge is 0.410 e. The molecule has 0 bridgehead atoms. The Hall–Kier alpha value is -2.02. The fourth-order valence-electron chi connectivity index (χ4n) is 2.87. The molecular formula is C18H22BrN3O3. The maximum Gasteiger partial charge on any atom is 0.410 e. The molecule has 1 amide bonds. The summed E-state index contributed by atoms with van der Waals surface area (Å²) in [6.07, 6.45) is 1.46. The Bertz CT molecular complexity index is 824. The van der Waals surface area contributed by atoms with E-state index in [9.17, 15) is 4.79 Å². The second-order valence-corrected chi connectivity index (χ2v) is 7.93. The van der Waals surface area contributed by atoms with Gasteiger partial charge in [0, 0.05) is 20.1 Å². The van der Waals surface area contributed by atoms with E-state index in [1.165, 1.54) is 0 Å². The number of imidazole rings is 1. The quantitative estimate of drug-likeness (QED) is 0.751. The zero-order chi connectivity index (χ0) is 18.4. The van der Waals surface area contributed by atoms with Crippen molar-refractivity contribution in [3.63, 3.8) is 0 Å². The molecule has 0 radical (unpaired) electrons. The van der Waals surface area contributed by atoms with Gasteiger partial charge in [-0.25, -0.2) is 9.78 Å². The first-order chi connectivity index (χ1) is 11.7. The third-order valence-electron chi connectivity index (χ3n) is 4.07. The highest BCUT2D eigenvalue weighted by molar-refractivity contribution is 9.10. The van der Waals surface area contributed by atoms with E-state index in [2.05, 4.69) is 20.9 Å². The van der Waals surface area contributed by atoms with Gasteiger partial charge in [-0.05, 0) is 60.0 Å². The van der Waals surface area contributed by atoms with Crippen molar-refractivity contribution in [1.29, 1.82) is 0 Å².